The number of esters is 1. The summed E-state index contributed by atoms with van der Waals surface area (Å²) >= 11 is 0. The van der Waals surface area contributed by atoms with Gasteiger partial charge in [0.15, 0.2) is 5.82 Å². The quantitative estimate of drug-likeness (QED) is 0.500. The van der Waals surface area contributed by atoms with Crippen LogP contribution < -0.4 is 19.1 Å². The topological polar surface area (TPSA) is 144 Å². The minimum atomic E-state index is -4.24. The lowest BCUT2D eigenvalue weighted by Gasteiger charge is -2.33. The highest BCUT2D eigenvalue weighted by Crippen LogP contribution is 2.34. The maximum Gasteiger partial charge on any atom is 0.337 e. The highest BCUT2D eigenvalue weighted by molar-refractivity contribution is 7.92. The van der Waals surface area contributed by atoms with Gasteiger partial charge in [0.1, 0.15) is 16.4 Å². The van der Waals surface area contributed by atoms with E-state index in [0.29, 0.717) is 25.1 Å². The molecule has 2 heterocycles. The summed E-state index contributed by atoms with van der Waals surface area (Å²) in [6, 6.07) is 5.50. The Balaban J connectivity index is 2.01. The van der Waals surface area contributed by atoms with Crippen LogP contribution in [0, 0.1) is 5.92 Å². The monoisotopic (exact) mass is 493 g/mol. The van der Waals surface area contributed by atoms with E-state index in [1.165, 1.54) is 32.4 Å². The Labute approximate surface area is 197 Å². The van der Waals surface area contributed by atoms with Gasteiger partial charge in [-0.25, -0.2) is 18.2 Å². The van der Waals surface area contributed by atoms with Crippen molar-refractivity contribution in [2.24, 2.45) is 5.92 Å². The van der Waals surface area contributed by atoms with Crippen molar-refractivity contribution in [2.45, 2.75) is 24.7 Å². The zero-order chi connectivity index (χ0) is 24.9. The van der Waals surface area contributed by atoms with Crippen molar-refractivity contribution >= 4 is 33.5 Å². The minimum Gasteiger partial charge on any atom is -0.497 e. The van der Waals surface area contributed by atoms with E-state index in [1.807, 2.05) is 0 Å². The zero-order valence-corrected chi connectivity index (χ0v) is 19.9. The number of nitrogens with zero attached hydrogens (tertiary/aromatic N) is 2. The Hall–Kier alpha value is -3.54. The van der Waals surface area contributed by atoms with Crippen LogP contribution in [-0.2, 0) is 19.6 Å². The molecule has 11 nitrogen and oxygen atoms in total. The smallest absolute Gasteiger partial charge is 0.337 e. The summed E-state index contributed by atoms with van der Waals surface area (Å²) < 4.78 is 44.5. The molecule has 0 radical (unpaired) electrons. The Morgan fingerprint density at radius 2 is 2.00 bits per heavy atom. The van der Waals surface area contributed by atoms with Crippen molar-refractivity contribution in [1.29, 1.82) is 0 Å². The molecule has 12 heteroatoms. The molecule has 1 atom stereocenters. The third-order valence-corrected chi connectivity index (χ3v) is 6.75. The lowest BCUT2D eigenvalue weighted by Crippen LogP contribution is -2.40. The molecule has 0 bridgehead atoms. The molecule has 0 unspecified atom stereocenters. The van der Waals surface area contributed by atoms with E-state index < -0.39 is 21.9 Å². The van der Waals surface area contributed by atoms with Gasteiger partial charge in [-0.3, -0.25) is 9.52 Å². The van der Waals surface area contributed by atoms with Gasteiger partial charge in [0.2, 0.25) is 0 Å². The minimum absolute atomic E-state index is 0.0331. The van der Waals surface area contributed by atoms with Gasteiger partial charge in [-0.1, -0.05) is 0 Å². The van der Waals surface area contributed by atoms with E-state index in [2.05, 4.69) is 9.71 Å². The SMILES string of the molecule is CCOC(=O)[C@@H]1CCCN(c2ncc(C(=O)O)cc2NS(=O)(=O)c2cc(OC)ccc2OC)C1. The van der Waals surface area contributed by atoms with Crippen LogP contribution in [0.25, 0.3) is 0 Å². The zero-order valence-electron chi connectivity index (χ0n) is 19.1. The lowest BCUT2D eigenvalue weighted by atomic mass is 9.98. The standard InChI is InChI=1S/C22H27N3O8S/c1-4-33-22(28)14-6-5-9-25(13-14)20-17(10-15(12-23-20)21(26)27)24-34(29,30)19-11-16(31-2)7-8-18(19)32-3/h7-8,10-12,14,24H,4-6,9,13H2,1-3H3,(H,26,27)/t14-/m1/s1. The molecule has 1 aromatic heterocycles. The molecule has 1 aliphatic heterocycles. The number of aromatic nitrogens is 1. The number of carboxylic acid groups (broad SMARTS) is 1. The summed E-state index contributed by atoms with van der Waals surface area (Å²) in [6.07, 6.45) is 2.43. The first-order valence-corrected chi connectivity index (χ1v) is 12.1. The molecule has 184 valence electrons. The number of benzene rings is 1. The van der Waals surface area contributed by atoms with E-state index in [-0.39, 0.29) is 46.8 Å². The second kappa shape index (κ2) is 10.6. The number of hydrogen-bond donors (Lipinski definition) is 2. The first kappa shape index (κ1) is 25.1. The number of aromatic carboxylic acids is 1. The van der Waals surface area contributed by atoms with Gasteiger partial charge in [0.25, 0.3) is 10.0 Å². The maximum absolute atomic E-state index is 13.3. The number of pyridine rings is 1. The van der Waals surface area contributed by atoms with Crippen molar-refractivity contribution < 1.29 is 37.3 Å². The molecule has 2 aromatic rings. The molecular weight excluding hydrogens is 466 g/mol. The van der Waals surface area contributed by atoms with Crippen LogP contribution in [0.5, 0.6) is 11.5 Å². The lowest BCUT2D eigenvalue weighted by molar-refractivity contribution is -0.148. The highest BCUT2D eigenvalue weighted by atomic mass is 32.2. The molecule has 0 saturated carbocycles. The Bertz CT molecular complexity index is 1170. The average molecular weight is 494 g/mol. The molecule has 0 aliphatic carbocycles. The van der Waals surface area contributed by atoms with Crippen molar-refractivity contribution in [3.05, 3.63) is 36.0 Å². The van der Waals surface area contributed by atoms with E-state index >= 15 is 0 Å². The Morgan fingerprint density at radius 3 is 2.65 bits per heavy atom. The molecule has 1 aliphatic rings. The van der Waals surface area contributed by atoms with Gasteiger partial charge < -0.3 is 24.2 Å². The first-order chi connectivity index (χ1) is 16.2. The van der Waals surface area contributed by atoms with Crippen molar-refractivity contribution in [1.82, 2.24) is 4.98 Å². The number of anilines is 2. The first-order valence-electron chi connectivity index (χ1n) is 10.6. The second-order valence-corrected chi connectivity index (χ2v) is 9.21. The van der Waals surface area contributed by atoms with Crippen molar-refractivity contribution in [3.63, 3.8) is 0 Å². The van der Waals surface area contributed by atoms with Gasteiger partial charge in [0.05, 0.1) is 38.0 Å². The van der Waals surface area contributed by atoms with E-state index in [9.17, 15) is 23.1 Å². The van der Waals surface area contributed by atoms with Crippen LogP contribution in [0.4, 0.5) is 11.5 Å². The summed E-state index contributed by atoms with van der Waals surface area (Å²) in [5.41, 5.74) is -0.229. The normalized spacial score (nSPS) is 16.0. The summed E-state index contributed by atoms with van der Waals surface area (Å²) in [5.74, 6) is -1.41. The summed E-state index contributed by atoms with van der Waals surface area (Å²) in [6.45, 7) is 2.75. The third-order valence-electron chi connectivity index (χ3n) is 5.36. The molecular formula is C22H27N3O8S. The number of piperidine rings is 1. The number of sulfonamides is 1. The fraction of sp³-hybridized carbons (Fsp3) is 0.409. The molecule has 0 spiro atoms. The molecule has 1 fully saturated rings. The number of carbonyl (C=O) groups is 2. The Morgan fingerprint density at radius 1 is 1.24 bits per heavy atom. The number of ether oxygens (including phenoxy) is 3. The van der Waals surface area contributed by atoms with Crippen LogP contribution in [-0.4, -0.2) is 64.4 Å². The van der Waals surface area contributed by atoms with Crippen LogP contribution in [0.2, 0.25) is 0 Å². The number of hydrogen-bond acceptors (Lipinski definition) is 9. The summed E-state index contributed by atoms with van der Waals surface area (Å²) in [4.78, 5) is 29.6. The predicted molar refractivity (Wildman–Crippen MR) is 123 cm³/mol. The molecule has 3 rings (SSSR count). The van der Waals surface area contributed by atoms with E-state index in [4.69, 9.17) is 14.2 Å². The summed E-state index contributed by atoms with van der Waals surface area (Å²) in [5, 5.41) is 9.42. The van der Waals surface area contributed by atoms with Gasteiger partial charge in [0, 0.05) is 25.4 Å². The van der Waals surface area contributed by atoms with E-state index in [0.717, 1.165) is 6.20 Å². The fourth-order valence-electron chi connectivity index (χ4n) is 3.72. The largest absolute Gasteiger partial charge is 0.497 e. The third kappa shape index (κ3) is 5.50. The molecule has 2 N–H and O–H groups in total. The summed E-state index contributed by atoms with van der Waals surface area (Å²) in [7, 11) is -1.50. The molecule has 1 saturated heterocycles. The van der Waals surface area contributed by atoms with Crippen LogP contribution >= 0.6 is 0 Å². The maximum atomic E-state index is 13.3. The highest BCUT2D eigenvalue weighted by Gasteiger charge is 2.30. The second-order valence-electron chi connectivity index (χ2n) is 7.56. The molecule has 1 aromatic carbocycles. The van der Waals surface area contributed by atoms with Gasteiger partial charge in [-0.05, 0) is 38.0 Å². The Kier molecular flexibility index (Phi) is 7.82. The van der Waals surface area contributed by atoms with Crippen LogP contribution in [0.15, 0.2) is 35.4 Å². The fourth-order valence-corrected chi connectivity index (χ4v) is 4.95. The number of rotatable bonds is 9. The van der Waals surface area contributed by atoms with Gasteiger partial charge in [-0.15, -0.1) is 0 Å². The van der Waals surface area contributed by atoms with Gasteiger partial charge >= 0.3 is 11.9 Å². The van der Waals surface area contributed by atoms with Crippen molar-refractivity contribution in [3.8, 4) is 11.5 Å². The number of carboxylic acids is 1. The van der Waals surface area contributed by atoms with Crippen LogP contribution in [0.3, 0.4) is 0 Å². The number of methoxy groups -OCH3 is 2. The number of nitrogens with one attached hydrogen (secondary N) is 1. The van der Waals surface area contributed by atoms with Crippen LogP contribution in [0.1, 0.15) is 30.1 Å². The van der Waals surface area contributed by atoms with Crippen molar-refractivity contribution in [2.75, 3.05) is 43.5 Å². The molecule has 0 amide bonds. The van der Waals surface area contributed by atoms with Gasteiger partial charge in [-0.2, -0.15) is 0 Å². The number of carbonyl (C=O) groups excluding carboxylic acids is 1. The molecule has 34 heavy (non-hydrogen) atoms. The average Bonchev–Trinajstić information content (AvgIpc) is 2.83. The van der Waals surface area contributed by atoms with E-state index in [1.54, 1.807) is 17.9 Å². The predicted octanol–water partition coefficient (Wildman–Crippen LogP) is 2.38.